The molecule has 0 heterocycles. The average molecular weight is 328 g/mol. The van der Waals surface area contributed by atoms with Crippen LogP contribution in [0.5, 0.6) is 0 Å². The highest BCUT2D eigenvalue weighted by molar-refractivity contribution is 6.42. The van der Waals surface area contributed by atoms with Crippen LogP contribution in [0.15, 0.2) is 18.2 Å². The van der Waals surface area contributed by atoms with E-state index < -0.39 is 0 Å². The fraction of sp³-hybridized carbons (Fsp3) is 0.667. The molecule has 1 aliphatic carbocycles. The summed E-state index contributed by atoms with van der Waals surface area (Å²) in [4.78, 5) is 0. The van der Waals surface area contributed by atoms with Crippen molar-refractivity contribution in [1.29, 1.82) is 0 Å². The van der Waals surface area contributed by atoms with Gasteiger partial charge in [-0.3, -0.25) is 0 Å². The fourth-order valence-corrected chi connectivity index (χ4v) is 3.86. The summed E-state index contributed by atoms with van der Waals surface area (Å²) in [5.74, 6) is 1.69. The van der Waals surface area contributed by atoms with Crippen LogP contribution in [0.2, 0.25) is 10.0 Å². The van der Waals surface area contributed by atoms with Crippen LogP contribution < -0.4 is 5.32 Å². The second kappa shape index (κ2) is 7.85. The Bertz CT molecular complexity index is 459. The number of benzene rings is 1. The Morgan fingerprint density at radius 3 is 2.57 bits per heavy atom. The second-order valence-electron chi connectivity index (χ2n) is 6.92. The molecule has 118 valence electrons. The third kappa shape index (κ3) is 5.16. The minimum absolute atomic E-state index is 0.322. The Kier molecular flexibility index (Phi) is 6.40. The average Bonchev–Trinajstić information content (AvgIpc) is 2.41. The zero-order chi connectivity index (χ0) is 15.4. The van der Waals surface area contributed by atoms with Crippen molar-refractivity contribution < 1.29 is 0 Å². The van der Waals surface area contributed by atoms with Gasteiger partial charge in [-0.1, -0.05) is 56.0 Å². The van der Waals surface area contributed by atoms with E-state index in [1.807, 2.05) is 12.1 Å². The van der Waals surface area contributed by atoms with Crippen molar-refractivity contribution in [3.63, 3.8) is 0 Å². The molecule has 2 rings (SSSR count). The van der Waals surface area contributed by atoms with Crippen LogP contribution in [0, 0.1) is 11.8 Å². The molecule has 0 radical (unpaired) electrons. The molecule has 0 amide bonds. The summed E-state index contributed by atoms with van der Waals surface area (Å²) in [5.41, 5.74) is 1.22. The van der Waals surface area contributed by atoms with Gasteiger partial charge < -0.3 is 5.32 Å². The van der Waals surface area contributed by atoms with Gasteiger partial charge in [0, 0.05) is 12.1 Å². The highest BCUT2D eigenvalue weighted by Crippen LogP contribution is 2.31. The molecule has 1 aliphatic rings. The largest absolute Gasteiger partial charge is 0.307 e. The predicted molar refractivity (Wildman–Crippen MR) is 93.2 cm³/mol. The van der Waals surface area contributed by atoms with E-state index in [9.17, 15) is 0 Å². The maximum absolute atomic E-state index is 6.12. The van der Waals surface area contributed by atoms with E-state index >= 15 is 0 Å². The normalized spacial score (nSPS) is 24.3. The van der Waals surface area contributed by atoms with Crippen LogP contribution in [0.1, 0.15) is 64.5 Å². The van der Waals surface area contributed by atoms with Crippen LogP contribution >= 0.6 is 23.2 Å². The van der Waals surface area contributed by atoms with E-state index in [1.54, 1.807) is 0 Å². The van der Waals surface area contributed by atoms with Crippen molar-refractivity contribution in [2.45, 2.75) is 65.0 Å². The first kappa shape index (κ1) is 17.1. The molecule has 1 fully saturated rings. The summed E-state index contributed by atoms with van der Waals surface area (Å²) in [6, 6.07) is 6.89. The van der Waals surface area contributed by atoms with Crippen molar-refractivity contribution in [3.8, 4) is 0 Å². The smallest absolute Gasteiger partial charge is 0.0595 e. The molecular weight excluding hydrogens is 301 g/mol. The Morgan fingerprint density at radius 2 is 1.90 bits per heavy atom. The summed E-state index contributed by atoms with van der Waals surface area (Å²) in [6.07, 6.45) is 6.71. The Hall–Kier alpha value is -0.240. The molecule has 1 aromatic rings. The number of hydrogen-bond acceptors (Lipinski definition) is 1. The standard InChI is InChI=1S/C18H27Cl2N/c1-12(2)9-14-5-4-6-16(10-14)21-13(3)15-7-8-17(19)18(20)11-15/h7-8,11-14,16,21H,4-6,9-10H2,1-3H3. The summed E-state index contributed by atoms with van der Waals surface area (Å²) < 4.78 is 0. The van der Waals surface area contributed by atoms with Gasteiger partial charge in [-0.25, -0.2) is 0 Å². The zero-order valence-electron chi connectivity index (χ0n) is 13.3. The highest BCUT2D eigenvalue weighted by atomic mass is 35.5. The lowest BCUT2D eigenvalue weighted by Gasteiger charge is -2.33. The SMILES string of the molecule is CC(C)CC1CCCC(NC(C)c2ccc(Cl)c(Cl)c2)C1. The summed E-state index contributed by atoms with van der Waals surface area (Å²) in [5, 5.41) is 5.05. The Labute approximate surface area is 139 Å². The number of hydrogen-bond donors (Lipinski definition) is 1. The Balaban J connectivity index is 1.92. The van der Waals surface area contributed by atoms with E-state index in [0.717, 1.165) is 11.8 Å². The van der Waals surface area contributed by atoms with Gasteiger partial charge in [0.15, 0.2) is 0 Å². The zero-order valence-corrected chi connectivity index (χ0v) is 14.8. The third-order valence-electron chi connectivity index (χ3n) is 4.52. The van der Waals surface area contributed by atoms with Gasteiger partial charge in [0.2, 0.25) is 0 Å². The fourth-order valence-electron chi connectivity index (χ4n) is 3.55. The minimum Gasteiger partial charge on any atom is -0.307 e. The molecule has 0 aliphatic heterocycles. The van der Waals surface area contributed by atoms with Gasteiger partial charge in [0.25, 0.3) is 0 Å². The lowest BCUT2D eigenvalue weighted by atomic mass is 9.81. The quantitative estimate of drug-likeness (QED) is 0.674. The predicted octanol–water partition coefficient (Wildman–Crippen LogP) is 6.25. The molecule has 21 heavy (non-hydrogen) atoms. The molecule has 0 bridgehead atoms. The molecule has 3 unspecified atom stereocenters. The van der Waals surface area contributed by atoms with Crippen LogP contribution in [0.4, 0.5) is 0 Å². The molecule has 1 aromatic carbocycles. The van der Waals surface area contributed by atoms with E-state index in [4.69, 9.17) is 23.2 Å². The molecule has 1 N–H and O–H groups in total. The summed E-state index contributed by atoms with van der Waals surface area (Å²) in [7, 11) is 0. The number of rotatable bonds is 5. The lowest BCUT2D eigenvalue weighted by molar-refractivity contribution is 0.242. The van der Waals surface area contributed by atoms with E-state index in [-0.39, 0.29) is 0 Å². The van der Waals surface area contributed by atoms with Gasteiger partial charge in [-0.15, -0.1) is 0 Å². The molecular formula is C18H27Cl2N. The summed E-state index contributed by atoms with van der Waals surface area (Å²) in [6.45, 7) is 6.87. The molecule has 3 heteroatoms. The van der Waals surface area contributed by atoms with E-state index in [2.05, 4.69) is 32.2 Å². The second-order valence-corrected chi connectivity index (χ2v) is 7.74. The maximum Gasteiger partial charge on any atom is 0.0595 e. The van der Waals surface area contributed by atoms with Crippen molar-refractivity contribution in [3.05, 3.63) is 33.8 Å². The van der Waals surface area contributed by atoms with Gasteiger partial charge in [0.05, 0.1) is 10.0 Å². The third-order valence-corrected chi connectivity index (χ3v) is 5.26. The van der Waals surface area contributed by atoms with E-state index in [0.29, 0.717) is 22.1 Å². The monoisotopic (exact) mass is 327 g/mol. The number of nitrogens with one attached hydrogen (secondary N) is 1. The topological polar surface area (TPSA) is 12.0 Å². The van der Waals surface area contributed by atoms with Crippen molar-refractivity contribution in [1.82, 2.24) is 5.32 Å². The van der Waals surface area contributed by atoms with Crippen molar-refractivity contribution in [2.75, 3.05) is 0 Å². The van der Waals surface area contributed by atoms with Crippen LogP contribution in [-0.2, 0) is 0 Å². The first-order valence-corrected chi connectivity index (χ1v) is 8.92. The van der Waals surface area contributed by atoms with Crippen molar-refractivity contribution >= 4 is 23.2 Å². The lowest BCUT2D eigenvalue weighted by Crippen LogP contribution is -2.36. The van der Waals surface area contributed by atoms with Gasteiger partial charge >= 0.3 is 0 Å². The molecule has 0 spiro atoms. The van der Waals surface area contributed by atoms with Crippen LogP contribution in [0.25, 0.3) is 0 Å². The minimum atomic E-state index is 0.322. The molecule has 3 atom stereocenters. The molecule has 1 nitrogen and oxygen atoms in total. The van der Waals surface area contributed by atoms with Gasteiger partial charge in [-0.05, 0) is 55.7 Å². The molecule has 1 saturated carbocycles. The first-order valence-electron chi connectivity index (χ1n) is 8.16. The van der Waals surface area contributed by atoms with Gasteiger partial charge in [-0.2, -0.15) is 0 Å². The van der Waals surface area contributed by atoms with Crippen LogP contribution in [-0.4, -0.2) is 6.04 Å². The molecule has 0 aromatic heterocycles. The van der Waals surface area contributed by atoms with Crippen LogP contribution in [0.3, 0.4) is 0 Å². The summed E-state index contributed by atoms with van der Waals surface area (Å²) >= 11 is 12.1. The first-order chi connectivity index (χ1) is 9.95. The van der Waals surface area contributed by atoms with E-state index in [1.165, 1.54) is 37.7 Å². The molecule has 0 saturated heterocycles. The Morgan fingerprint density at radius 1 is 1.14 bits per heavy atom. The highest BCUT2D eigenvalue weighted by Gasteiger charge is 2.23. The van der Waals surface area contributed by atoms with Crippen molar-refractivity contribution in [2.24, 2.45) is 11.8 Å². The maximum atomic E-state index is 6.12. The van der Waals surface area contributed by atoms with Gasteiger partial charge in [0.1, 0.15) is 0 Å². The number of halogens is 2.